The molecule has 3 heterocycles. The van der Waals surface area contributed by atoms with E-state index in [-0.39, 0.29) is 0 Å². The summed E-state index contributed by atoms with van der Waals surface area (Å²) in [6.07, 6.45) is 1.88. The van der Waals surface area contributed by atoms with Gasteiger partial charge in [0.2, 0.25) is 0 Å². The van der Waals surface area contributed by atoms with E-state index in [1.807, 2.05) is 24.9 Å². The van der Waals surface area contributed by atoms with Gasteiger partial charge in [0.15, 0.2) is 11.6 Å². The first-order valence-corrected chi connectivity index (χ1v) is 7.83. The van der Waals surface area contributed by atoms with Crippen LogP contribution in [-0.4, -0.2) is 30.9 Å². The molecule has 0 unspecified atom stereocenters. The minimum absolute atomic E-state index is 0.440. The van der Waals surface area contributed by atoms with E-state index in [0.29, 0.717) is 19.8 Å². The van der Waals surface area contributed by atoms with Crippen molar-refractivity contribution in [3.63, 3.8) is 0 Å². The topological polar surface area (TPSA) is 57.8 Å². The van der Waals surface area contributed by atoms with Crippen molar-refractivity contribution in [2.45, 2.75) is 33.9 Å². The van der Waals surface area contributed by atoms with Crippen LogP contribution in [0.2, 0.25) is 0 Å². The Morgan fingerprint density at radius 3 is 2.96 bits per heavy atom. The maximum absolute atomic E-state index is 5.46. The molecule has 0 saturated heterocycles. The van der Waals surface area contributed by atoms with Crippen LogP contribution in [0.5, 0.6) is 0 Å². The first kappa shape index (κ1) is 14.1. The molecule has 0 saturated carbocycles. The third-order valence-corrected chi connectivity index (χ3v) is 4.18. The Morgan fingerprint density at radius 2 is 2.13 bits per heavy atom. The largest absolute Gasteiger partial charge is 0.374 e. The Hall–Kier alpha value is -2.47. The molecule has 2 aromatic heterocycles. The lowest BCUT2D eigenvalue weighted by Crippen LogP contribution is -2.06. The van der Waals surface area contributed by atoms with Crippen LogP contribution < -0.4 is 0 Å². The lowest BCUT2D eigenvalue weighted by molar-refractivity contribution is 0.128. The average Bonchev–Trinajstić information content (AvgIpc) is 3.07. The standard InChI is InChI=1S/C17H19N5O/c1-4-23-9-16-19-17-13-7-11(2)5-6-14(13)21-10-18-12(3)15(21)8-22(17)20-16/h5-7,10H,4,8-9H2,1-3H3. The molecule has 0 atom stereocenters. The van der Waals surface area contributed by atoms with Gasteiger partial charge in [-0.05, 0) is 32.9 Å². The zero-order chi connectivity index (χ0) is 16.0. The van der Waals surface area contributed by atoms with Gasteiger partial charge in [0.05, 0.1) is 29.9 Å². The lowest BCUT2D eigenvalue weighted by Gasteiger charge is -2.09. The van der Waals surface area contributed by atoms with Crippen molar-refractivity contribution in [1.82, 2.24) is 24.3 Å². The van der Waals surface area contributed by atoms with Gasteiger partial charge in [0, 0.05) is 12.2 Å². The van der Waals surface area contributed by atoms with Gasteiger partial charge in [-0.25, -0.2) is 14.6 Å². The van der Waals surface area contributed by atoms with Crippen LogP contribution in [-0.2, 0) is 17.9 Å². The molecular formula is C17H19N5O. The van der Waals surface area contributed by atoms with Crippen molar-refractivity contribution < 1.29 is 4.74 Å². The number of hydrogen-bond donors (Lipinski definition) is 0. The summed E-state index contributed by atoms with van der Waals surface area (Å²) < 4.78 is 9.56. The summed E-state index contributed by atoms with van der Waals surface area (Å²) in [5, 5.41) is 4.64. The minimum atomic E-state index is 0.440. The minimum Gasteiger partial charge on any atom is -0.374 e. The Bertz CT molecular complexity index is 877. The summed E-state index contributed by atoms with van der Waals surface area (Å²) >= 11 is 0. The number of benzene rings is 1. The number of nitrogens with zero attached hydrogens (tertiary/aromatic N) is 5. The van der Waals surface area contributed by atoms with E-state index in [4.69, 9.17) is 9.72 Å². The van der Waals surface area contributed by atoms with Crippen molar-refractivity contribution in [2.24, 2.45) is 0 Å². The molecule has 0 aliphatic carbocycles. The number of rotatable bonds is 3. The van der Waals surface area contributed by atoms with E-state index in [1.165, 1.54) is 5.56 Å². The van der Waals surface area contributed by atoms with Crippen LogP contribution in [0, 0.1) is 13.8 Å². The van der Waals surface area contributed by atoms with Crippen molar-refractivity contribution in [3.05, 3.63) is 47.3 Å². The van der Waals surface area contributed by atoms with E-state index >= 15 is 0 Å². The molecule has 1 aromatic carbocycles. The number of hydrogen-bond acceptors (Lipinski definition) is 4. The first-order valence-electron chi connectivity index (χ1n) is 7.83. The number of ether oxygens (including phenoxy) is 1. The van der Waals surface area contributed by atoms with Gasteiger partial charge in [0.1, 0.15) is 6.61 Å². The van der Waals surface area contributed by atoms with Gasteiger partial charge in [-0.2, -0.15) is 5.10 Å². The van der Waals surface area contributed by atoms with Crippen molar-refractivity contribution in [1.29, 1.82) is 0 Å². The van der Waals surface area contributed by atoms with Gasteiger partial charge < -0.3 is 9.30 Å². The molecule has 1 aliphatic heterocycles. The number of imidazole rings is 1. The molecule has 0 N–H and O–H groups in total. The number of fused-ring (bicyclic) bond motifs is 5. The first-order chi connectivity index (χ1) is 11.2. The lowest BCUT2D eigenvalue weighted by atomic mass is 10.1. The highest BCUT2D eigenvalue weighted by Gasteiger charge is 2.23. The molecule has 23 heavy (non-hydrogen) atoms. The quantitative estimate of drug-likeness (QED) is 0.584. The predicted molar refractivity (Wildman–Crippen MR) is 86.5 cm³/mol. The molecule has 1 aliphatic rings. The highest BCUT2D eigenvalue weighted by Crippen LogP contribution is 2.32. The summed E-state index contributed by atoms with van der Waals surface area (Å²) in [5.74, 6) is 1.61. The Kier molecular flexibility index (Phi) is 3.27. The Balaban J connectivity index is 1.93. The van der Waals surface area contributed by atoms with E-state index in [9.17, 15) is 0 Å². The zero-order valence-electron chi connectivity index (χ0n) is 13.6. The van der Waals surface area contributed by atoms with E-state index in [0.717, 1.165) is 34.3 Å². The van der Waals surface area contributed by atoms with Gasteiger partial charge in [-0.15, -0.1) is 0 Å². The van der Waals surface area contributed by atoms with Crippen LogP contribution in [0.4, 0.5) is 0 Å². The van der Waals surface area contributed by atoms with E-state index in [2.05, 4.69) is 39.8 Å². The number of aromatic nitrogens is 5. The van der Waals surface area contributed by atoms with Crippen molar-refractivity contribution >= 4 is 0 Å². The van der Waals surface area contributed by atoms with Gasteiger partial charge in [0.25, 0.3) is 0 Å². The third kappa shape index (κ3) is 2.26. The molecule has 118 valence electrons. The fourth-order valence-corrected chi connectivity index (χ4v) is 2.99. The summed E-state index contributed by atoms with van der Waals surface area (Å²) in [4.78, 5) is 9.18. The molecular weight excluding hydrogens is 290 g/mol. The highest BCUT2D eigenvalue weighted by molar-refractivity contribution is 5.70. The van der Waals surface area contributed by atoms with Crippen molar-refractivity contribution in [2.75, 3.05) is 6.61 Å². The number of aryl methyl sites for hydroxylation is 2. The van der Waals surface area contributed by atoms with Crippen LogP contribution in [0.15, 0.2) is 24.5 Å². The monoisotopic (exact) mass is 309 g/mol. The molecule has 6 heteroatoms. The average molecular weight is 309 g/mol. The maximum Gasteiger partial charge on any atom is 0.176 e. The Morgan fingerprint density at radius 1 is 1.26 bits per heavy atom. The second-order valence-corrected chi connectivity index (χ2v) is 5.81. The maximum atomic E-state index is 5.46. The van der Waals surface area contributed by atoms with Crippen molar-refractivity contribution in [3.8, 4) is 17.1 Å². The molecule has 3 aromatic rings. The molecule has 0 bridgehead atoms. The predicted octanol–water partition coefficient (Wildman–Crippen LogP) is 2.65. The highest BCUT2D eigenvalue weighted by atomic mass is 16.5. The normalized spacial score (nSPS) is 12.5. The summed E-state index contributed by atoms with van der Waals surface area (Å²) in [7, 11) is 0. The van der Waals surface area contributed by atoms with Gasteiger partial charge >= 0.3 is 0 Å². The Labute approximate surface area is 134 Å². The third-order valence-electron chi connectivity index (χ3n) is 4.18. The van der Waals surface area contributed by atoms with Crippen LogP contribution in [0.3, 0.4) is 0 Å². The molecule has 0 spiro atoms. The van der Waals surface area contributed by atoms with E-state index < -0.39 is 0 Å². The smallest absolute Gasteiger partial charge is 0.176 e. The van der Waals surface area contributed by atoms with E-state index in [1.54, 1.807) is 0 Å². The SMILES string of the molecule is CCOCc1nc2n(n1)Cc1c(C)ncn1-c1ccc(C)cc1-2. The second-order valence-electron chi connectivity index (χ2n) is 5.81. The molecule has 0 amide bonds. The molecule has 6 nitrogen and oxygen atoms in total. The molecule has 0 fully saturated rings. The molecule has 4 rings (SSSR count). The second kappa shape index (κ2) is 5.31. The zero-order valence-corrected chi connectivity index (χ0v) is 13.6. The fraction of sp³-hybridized carbons (Fsp3) is 0.353. The summed E-state index contributed by atoms with van der Waals surface area (Å²) in [5.41, 5.74) is 5.54. The van der Waals surface area contributed by atoms with Crippen LogP contribution in [0.25, 0.3) is 17.1 Å². The van der Waals surface area contributed by atoms with Gasteiger partial charge in [-0.1, -0.05) is 11.6 Å². The summed E-state index contributed by atoms with van der Waals surface area (Å²) in [6.45, 7) is 7.85. The summed E-state index contributed by atoms with van der Waals surface area (Å²) in [6, 6.07) is 6.40. The van der Waals surface area contributed by atoms with Crippen LogP contribution in [0.1, 0.15) is 29.7 Å². The molecule has 0 radical (unpaired) electrons. The van der Waals surface area contributed by atoms with Gasteiger partial charge in [-0.3, -0.25) is 0 Å². The fourth-order valence-electron chi connectivity index (χ4n) is 2.99. The van der Waals surface area contributed by atoms with Crippen LogP contribution >= 0.6 is 0 Å².